The maximum atomic E-state index is 14.0. The third-order valence-corrected chi connectivity index (χ3v) is 5.44. The van der Waals surface area contributed by atoms with Gasteiger partial charge >= 0.3 is 5.97 Å². The van der Waals surface area contributed by atoms with Gasteiger partial charge < -0.3 is 14.6 Å². The van der Waals surface area contributed by atoms with Crippen molar-refractivity contribution in [2.24, 2.45) is 0 Å². The van der Waals surface area contributed by atoms with Crippen LogP contribution >= 0.6 is 0 Å². The van der Waals surface area contributed by atoms with E-state index in [1.165, 1.54) is 0 Å². The number of pyridine rings is 1. The van der Waals surface area contributed by atoms with E-state index >= 15 is 0 Å². The maximum absolute atomic E-state index is 14.0. The number of aromatic nitrogens is 2. The first-order valence-corrected chi connectivity index (χ1v) is 9.59. The van der Waals surface area contributed by atoms with Crippen LogP contribution in [0.25, 0.3) is 16.7 Å². The molecule has 0 saturated carbocycles. The van der Waals surface area contributed by atoms with Gasteiger partial charge in [0.25, 0.3) is 5.91 Å². The van der Waals surface area contributed by atoms with Gasteiger partial charge in [-0.3, -0.25) is 9.59 Å². The highest BCUT2D eigenvalue weighted by atomic mass is 19.1. The molecule has 1 fully saturated rings. The average molecular weight is 395 g/mol. The zero-order valence-corrected chi connectivity index (χ0v) is 16.1. The number of aliphatic carboxylic acids is 1. The summed E-state index contributed by atoms with van der Waals surface area (Å²) < 4.78 is 15.9. The minimum Gasteiger partial charge on any atom is -0.481 e. The number of amides is 1. The molecule has 4 rings (SSSR count). The number of carbonyl (C=O) groups is 2. The molecule has 2 aromatic heterocycles. The van der Waals surface area contributed by atoms with Gasteiger partial charge in [0.05, 0.1) is 12.0 Å². The number of carboxylic acids is 1. The quantitative estimate of drug-likeness (QED) is 0.732. The van der Waals surface area contributed by atoms with E-state index in [0.29, 0.717) is 37.1 Å². The van der Waals surface area contributed by atoms with Crippen molar-refractivity contribution in [2.75, 3.05) is 13.1 Å². The summed E-state index contributed by atoms with van der Waals surface area (Å²) in [4.78, 5) is 29.8. The van der Waals surface area contributed by atoms with Crippen molar-refractivity contribution in [1.29, 1.82) is 0 Å². The number of piperidine rings is 1. The summed E-state index contributed by atoms with van der Waals surface area (Å²) >= 11 is 0. The molecule has 0 unspecified atom stereocenters. The molecule has 29 heavy (non-hydrogen) atoms. The normalized spacial score (nSPS) is 16.1. The molecule has 0 atom stereocenters. The Morgan fingerprint density at radius 1 is 1.17 bits per heavy atom. The fourth-order valence-corrected chi connectivity index (χ4v) is 3.66. The van der Waals surface area contributed by atoms with Gasteiger partial charge in [0.2, 0.25) is 0 Å². The Kier molecular flexibility index (Phi) is 4.82. The molecule has 7 heteroatoms. The Balaban J connectivity index is 1.56. The van der Waals surface area contributed by atoms with Crippen LogP contribution in [0.1, 0.15) is 35.7 Å². The van der Waals surface area contributed by atoms with Gasteiger partial charge in [-0.25, -0.2) is 9.37 Å². The minimum atomic E-state index is -1.20. The summed E-state index contributed by atoms with van der Waals surface area (Å²) in [5.41, 5.74) is 1.59. The summed E-state index contributed by atoms with van der Waals surface area (Å²) in [5, 5.41) is 9.72. The summed E-state index contributed by atoms with van der Waals surface area (Å²) in [5.74, 6) is -0.992. The van der Waals surface area contributed by atoms with E-state index in [1.54, 1.807) is 30.2 Å². The van der Waals surface area contributed by atoms with Crippen molar-refractivity contribution >= 4 is 22.9 Å². The van der Waals surface area contributed by atoms with Gasteiger partial charge in [0.15, 0.2) is 0 Å². The highest BCUT2D eigenvalue weighted by Gasteiger charge is 2.31. The molecule has 0 radical (unpaired) electrons. The molecule has 0 bridgehead atoms. The van der Waals surface area contributed by atoms with Crippen LogP contribution < -0.4 is 0 Å². The standard InChI is InChI=1S/C22H22FN3O3/c1-22(23)7-10-25(11-8-22)21(29)17-13-16-6-9-26(20(16)24-14-17)18-4-2-15(3-5-18)12-19(27)28/h2-6,9,13-14H,7-8,10-12H2,1H3,(H,27,28). The van der Waals surface area contributed by atoms with Gasteiger partial charge in [-0.15, -0.1) is 0 Å². The first kappa shape index (κ1) is 19.1. The number of benzene rings is 1. The van der Waals surface area contributed by atoms with E-state index < -0.39 is 11.6 Å². The van der Waals surface area contributed by atoms with Gasteiger partial charge in [-0.2, -0.15) is 0 Å². The Morgan fingerprint density at radius 2 is 1.86 bits per heavy atom. The summed E-state index contributed by atoms with van der Waals surface area (Å²) in [7, 11) is 0. The smallest absolute Gasteiger partial charge is 0.307 e. The molecule has 1 amide bonds. The third kappa shape index (κ3) is 3.99. The largest absolute Gasteiger partial charge is 0.481 e. The minimum absolute atomic E-state index is 0.0194. The fourth-order valence-electron chi connectivity index (χ4n) is 3.66. The van der Waals surface area contributed by atoms with Crippen molar-refractivity contribution in [1.82, 2.24) is 14.5 Å². The van der Waals surface area contributed by atoms with Crippen LogP contribution in [0.3, 0.4) is 0 Å². The third-order valence-electron chi connectivity index (χ3n) is 5.44. The molecule has 0 aliphatic carbocycles. The first-order valence-electron chi connectivity index (χ1n) is 9.59. The number of hydrogen-bond acceptors (Lipinski definition) is 3. The van der Waals surface area contributed by atoms with Crippen molar-refractivity contribution < 1.29 is 19.1 Å². The molecule has 1 aliphatic heterocycles. The lowest BCUT2D eigenvalue weighted by molar-refractivity contribution is -0.136. The monoisotopic (exact) mass is 395 g/mol. The number of carboxylic acid groups (broad SMARTS) is 1. The highest BCUT2D eigenvalue weighted by molar-refractivity contribution is 5.97. The van der Waals surface area contributed by atoms with E-state index in [2.05, 4.69) is 4.98 Å². The molecule has 3 heterocycles. The molecular formula is C22H22FN3O3. The molecule has 1 aromatic carbocycles. The van der Waals surface area contributed by atoms with Crippen LogP contribution in [0.4, 0.5) is 4.39 Å². The van der Waals surface area contributed by atoms with Crippen molar-refractivity contribution in [3.05, 3.63) is 59.9 Å². The predicted octanol–water partition coefficient (Wildman–Crippen LogP) is 3.62. The molecule has 6 nitrogen and oxygen atoms in total. The number of carbonyl (C=O) groups excluding carboxylic acids is 1. The first-order chi connectivity index (χ1) is 13.8. The van der Waals surface area contributed by atoms with Crippen LogP contribution in [0.15, 0.2) is 48.8 Å². The number of halogens is 1. The average Bonchev–Trinajstić information content (AvgIpc) is 3.11. The van der Waals surface area contributed by atoms with Crippen LogP contribution in [-0.2, 0) is 11.2 Å². The van der Waals surface area contributed by atoms with Crippen molar-refractivity contribution in [2.45, 2.75) is 31.9 Å². The van der Waals surface area contributed by atoms with E-state index in [1.807, 2.05) is 35.0 Å². The number of fused-ring (bicyclic) bond motifs is 1. The van der Waals surface area contributed by atoms with Gasteiger partial charge in [-0.1, -0.05) is 12.1 Å². The molecule has 1 aliphatic rings. The second-order valence-corrected chi connectivity index (χ2v) is 7.77. The molecule has 1 saturated heterocycles. The van der Waals surface area contributed by atoms with Gasteiger partial charge in [-0.05, 0) is 49.6 Å². The number of rotatable bonds is 4. The fraction of sp³-hybridized carbons (Fsp3) is 0.318. The number of likely N-dealkylation sites (tertiary alicyclic amines) is 1. The predicted molar refractivity (Wildman–Crippen MR) is 107 cm³/mol. The Bertz CT molecular complexity index is 1060. The number of nitrogens with zero attached hydrogens (tertiary/aromatic N) is 3. The number of alkyl halides is 1. The molecular weight excluding hydrogens is 373 g/mol. The second kappa shape index (κ2) is 7.31. The molecule has 3 aromatic rings. The SMILES string of the molecule is CC1(F)CCN(C(=O)c2cnc3c(ccn3-c3ccc(CC(=O)O)cc3)c2)CC1. The Labute approximate surface area is 167 Å². The second-order valence-electron chi connectivity index (χ2n) is 7.77. The van der Waals surface area contributed by atoms with Crippen LogP contribution in [-0.4, -0.2) is 50.2 Å². The van der Waals surface area contributed by atoms with Crippen molar-refractivity contribution in [3.8, 4) is 5.69 Å². The Hall–Kier alpha value is -3.22. The number of hydrogen-bond donors (Lipinski definition) is 1. The van der Waals surface area contributed by atoms with Gasteiger partial charge in [0, 0.05) is 36.6 Å². The lowest BCUT2D eigenvalue weighted by Gasteiger charge is -2.34. The van der Waals surface area contributed by atoms with E-state index in [0.717, 1.165) is 16.6 Å². The topological polar surface area (TPSA) is 75.4 Å². The van der Waals surface area contributed by atoms with Crippen molar-refractivity contribution in [3.63, 3.8) is 0 Å². The molecule has 0 spiro atoms. The zero-order valence-electron chi connectivity index (χ0n) is 16.1. The van der Waals surface area contributed by atoms with Crippen LogP contribution in [0, 0.1) is 0 Å². The summed E-state index contributed by atoms with van der Waals surface area (Å²) in [6.45, 7) is 2.40. The lowest BCUT2D eigenvalue weighted by Crippen LogP contribution is -2.43. The maximum Gasteiger partial charge on any atom is 0.307 e. The summed E-state index contributed by atoms with van der Waals surface area (Å²) in [6, 6.07) is 11.0. The van der Waals surface area contributed by atoms with Crippen LogP contribution in [0.2, 0.25) is 0 Å². The molecule has 1 N–H and O–H groups in total. The Morgan fingerprint density at radius 3 is 2.52 bits per heavy atom. The lowest BCUT2D eigenvalue weighted by atomic mass is 9.95. The zero-order chi connectivity index (χ0) is 20.6. The summed E-state index contributed by atoms with van der Waals surface area (Å²) in [6.07, 6.45) is 4.11. The van der Waals surface area contributed by atoms with Crippen LogP contribution in [0.5, 0.6) is 0 Å². The van der Waals surface area contributed by atoms with E-state index in [4.69, 9.17) is 5.11 Å². The van der Waals surface area contributed by atoms with E-state index in [-0.39, 0.29) is 12.3 Å². The highest BCUT2D eigenvalue weighted by Crippen LogP contribution is 2.27. The van der Waals surface area contributed by atoms with Gasteiger partial charge in [0.1, 0.15) is 11.3 Å². The van der Waals surface area contributed by atoms with E-state index in [9.17, 15) is 14.0 Å². The molecule has 150 valence electrons.